The minimum atomic E-state index is -0.260. The number of methoxy groups -OCH3 is 1. The molecule has 0 aliphatic rings. The molecule has 0 amide bonds. The highest BCUT2D eigenvalue weighted by Gasteiger charge is 2.18. The van der Waals surface area contributed by atoms with Gasteiger partial charge in [0.15, 0.2) is 0 Å². The molecule has 0 spiro atoms. The van der Waals surface area contributed by atoms with Gasteiger partial charge in [-0.25, -0.2) is 4.79 Å². The first-order chi connectivity index (χ1) is 8.67. The lowest BCUT2D eigenvalue weighted by Crippen LogP contribution is -2.30. The van der Waals surface area contributed by atoms with Crippen molar-refractivity contribution in [2.75, 3.05) is 24.4 Å². The molecule has 0 aromatic heterocycles. The highest BCUT2D eigenvalue weighted by Crippen LogP contribution is 2.14. The molecule has 0 saturated carbocycles. The Morgan fingerprint density at radius 1 is 1.50 bits per heavy atom. The molecule has 0 fully saturated rings. The Morgan fingerprint density at radius 2 is 2.28 bits per heavy atom. The fraction of sp³-hybridized carbons (Fsp3) is 0.500. The Balaban J connectivity index is 2.62. The Labute approximate surface area is 113 Å². The van der Waals surface area contributed by atoms with Crippen molar-refractivity contribution in [1.82, 2.24) is 0 Å². The Morgan fingerprint density at radius 3 is 2.89 bits per heavy atom. The summed E-state index contributed by atoms with van der Waals surface area (Å²) in [5.74, 6) is 0.862. The van der Waals surface area contributed by atoms with Crippen LogP contribution >= 0.6 is 11.8 Å². The van der Waals surface area contributed by atoms with Crippen LogP contribution in [0.2, 0.25) is 0 Å². The number of hydrogen-bond donors (Lipinski definition) is 1. The molecular formula is C14H21NO2S. The van der Waals surface area contributed by atoms with E-state index in [0.717, 1.165) is 24.3 Å². The van der Waals surface area contributed by atoms with Gasteiger partial charge in [-0.1, -0.05) is 12.1 Å². The van der Waals surface area contributed by atoms with Crippen molar-refractivity contribution in [3.8, 4) is 0 Å². The maximum Gasteiger partial charge on any atom is 0.328 e. The summed E-state index contributed by atoms with van der Waals surface area (Å²) in [4.78, 5) is 11.7. The number of carbonyl (C=O) groups is 1. The average molecular weight is 267 g/mol. The summed E-state index contributed by atoms with van der Waals surface area (Å²) in [5.41, 5.74) is 2.14. The second kappa shape index (κ2) is 8.03. The van der Waals surface area contributed by atoms with E-state index in [2.05, 4.69) is 11.6 Å². The van der Waals surface area contributed by atoms with Crippen LogP contribution in [-0.4, -0.2) is 31.1 Å². The van der Waals surface area contributed by atoms with E-state index < -0.39 is 0 Å². The standard InChI is InChI=1S/C14H21NO2S/c1-11-6-4-7-12(10-11)15-13(14(16)17-2)8-5-9-18-3/h4,6-7,10,13,15H,5,8-9H2,1-3H3. The lowest BCUT2D eigenvalue weighted by Gasteiger charge is -2.17. The zero-order chi connectivity index (χ0) is 13.4. The van der Waals surface area contributed by atoms with Crippen LogP contribution in [0.15, 0.2) is 24.3 Å². The normalized spacial score (nSPS) is 11.9. The number of carbonyl (C=O) groups excluding carboxylic acids is 1. The molecule has 1 unspecified atom stereocenters. The van der Waals surface area contributed by atoms with E-state index in [1.807, 2.05) is 31.2 Å². The predicted octanol–water partition coefficient (Wildman–Crippen LogP) is 3.09. The smallest absolute Gasteiger partial charge is 0.328 e. The number of benzene rings is 1. The summed E-state index contributed by atoms with van der Waals surface area (Å²) in [6.45, 7) is 2.03. The molecular weight excluding hydrogens is 246 g/mol. The largest absolute Gasteiger partial charge is 0.467 e. The van der Waals surface area contributed by atoms with Crippen LogP contribution in [-0.2, 0) is 9.53 Å². The van der Waals surface area contributed by atoms with Crippen LogP contribution in [0.5, 0.6) is 0 Å². The lowest BCUT2D eigenvalue weighted by atomic mass is 10.1. The predicted molar refractivity (Wildman–Crippen MR) is 78.2 cm³/mol. The highest BCUT2D eigenvalue weighted by molar-refractivity contribution is 7.98. The van der Waals surface area contributed by atoms with E-state index in [9.17, 15) is 4.79 Å². The summed E-state index contributed by atoms with van der Waals surface area (Å²) in [5, 5.41) is 3.25. The van der Waals surface area contributed by atoms with Gasteiger partial charge in [-0.3, -0.25) is 0 Å². The number of ether oxygens (including phenoxy) is 1. The Hall–Kier alpha value is -1.16. The number of esters is 1. The van der Waals surface area contributed by atoms with Gasteiger partial charge < -0.3 is 10.1 Å². The topological polar surface area (TPSA) is 38.3 Å². The van der Waals surface area contributed by atoms with Gasteiger partial charge in [0.2, 0.25) is 0 Å². The molecule has 0 aliphatic heterocycles. The fourth-order valence-corrected chi connectivity index (χ4v) is 2.21. The van der Waals surface area contributed by atoms with E-state index in [-0.39, 0.29) is 12.0 Å². The van der Waals surface area contributed by atoms with Gasteiger partial charge in [0.05, 0.1) is 7.11 Å². The molecule has 4 heteroatoms. The van der Waals surface area contributed by atoms with E-state index in [1.165, 1.54) is 12.7 Å². The molecule has 0 saturated heterocycles. The molecule has 0 aliphatic carbocycles. The Kier molecular flexibility index (Phi) is 6.65. The molecule has 1 N–H and O–H groups in total. The maximum absolute atomic E-state index is 11.7. The first-order valence-electron chi connectivity index (χ1n) is 6.07. The molecule has 18 heavy (non-hydrogen) atoms. The van der Waals surface area contributed by atoms with Gasteiger partial charge in [-0.2, -0.15) is 11.8 Å². The monoisotopic (exact) mass is 267 g/mol. The fourth-order valence-electron chi connectivity index (χ4n) is 1.76. The third-order valence-electron chi connectivity index (χ3n) is 2.69. The number of nitrogens with one attached hydrogen (secondary N) is 1. The molecule has 0 bridgehead atoms. The van der Waals surface area contributed by atoms with E-state index in [0.29, 0.717) is 0 Å². The van der Waals surface area contributed by atoms with Crippen molar-refractivity contribution in [3.05, 3.63) is 29.8 Å². The van der Waals surface area contributed by atoms with Gasteiger partial charge >= 0.3 is 5.97 Å². The number of thioether (sulfide) groups is 1. The molecule has 3 nitrogen and oxygen atoms in total. The summed E-state index contributed by atoms with van der Waals surface area (Å²) in [6.07, 6.45) is 3.86. The van der Waals surface area contributed by atoms with Gasteiger partial charge in [0.1, 0.15) is 6.04 Å². The first kappa shape index (κ1) is 14.9. The quantitative estimate of drug-likeness (QED) is 0.608. The SMILES string of the molecule is COC(=O)C(CCCSC)Nc1cccc(C)c1. The van der Waals surface area contributed by atoms with Gasteiger partial charge in [-0.05, 0) is 49.5 Å². The number of hydrogen-bond acceptors (Lipinski definition) is 4. The van der Waals surface area contributed by atoms with Gasteiger partial charge in [0.25, 0.3) is 0 Å². The van der Waals surface area contributed by atoms with Gasteiger partial charge in [0, 0.05) is 5.69 Å². The van der Waals surface area contributed by atoms with Crippen molar-refractivity contribution in [2.45, 2.75) is 25.8 Å². The van der Waals surface area contributed by atoms with Gasteiger partial charge in [-0.15, -0.1) is 0 Å². The molecule has 0 heterocycles. The first-order valence-corrected chi connectivity index (χ1v) is 7.46. The number of anilines is 1. The van der Waals surface area contributed by atoms with Crippen molar-refractivity contribution in [3.63, 3.8) is 0 Å². The van der Waals surface area contributed by atoms with Crippen LogP contribution in [0, 0.1) is 6.92 Å². The molecule has 1 aromatic carbocycles. The van der Waals surface area contributed by atoms with E-state index in [1.54, 1.807) is 11.8 Å². The van der Waals surface area contributed by atoms with Crippen molar-refractivity contribution in [1.29, 1.82) is 0 Å². The third-order valence-corrected chi connectivity index (χ3v) is 3.38. The third kappa shape index (κ3) is 5.00. The van der Waals surface area contributed by atoms with Crippen molar-refractivity contribution >= 4 is 23.4 Å². The van der Waals surface area contributed by atoms with Crippen molar-refractivity contribution in [2.24, 2.45) is 0 Å². The maximum atomic E-state index is 11.7. The van der Waals surface area contributed by atoms with E-state index >= 15 is 0 Å². The van der Waals surface area contributed by atoms with E-state index in [4.69, 9.17) is 4.74 Å². The summed E-state index contributed by atoms with van der Waals surface area (Å²) in [6, 6.07) is 7.76. The Bertz CT molecular complexity index is 382. The molecule has 0 radical (unpaired) electrons. The minimum Gasteiger partial charge on any atom is -0.467 e. The summed E-state index contributed by atoms with van der Waals surface area (Å²) >= 11 is 1.79. The lowest BCUT2D eigenvalue weighted by molar-refractivity contribution is -0.141. The molecule has 100 valence electrons. The number of rotatable bonds is 7. The zero-order valence-electron chi connectivity index (χ0n) is 11.2. The summed E-state index contributed by atoms with van der Waals surface area (Å²) in [7, 11) is 1.43. The van der Waals surface area contributed by atoms with Crippen LogP contribution in [0.25, 0.3) is 0 Å². The number of aryl methyl sites for hydroxylation is 1. The zero-order valence-corrected chi connectivity index (χ0v) is 12.0. The van der Waals surface area contributed by atoms with Crippen LogP contribution < -0.4 is 5.32 Å². The average Bonchev–Trinajstić information content (AvgIpc) is 2.37. The molecule has 1 rings (SSSR count). The summed E-state index contributed by atoms with van der Waals surface area (Å²) < 4.78 is 4.84. The molecule has 1 atom stereocenters. The van der Waals surface area contributed by atoms with Crippen LogP contribution in [0.3, 0.4) is 0 Å². The highest BCUT2D eigenvalue weighted by atomic mass is 32.2. The van der Waals surface area contributed by atoms with Crippen molar-refractivity contribution < 1.29 is 9.53 Å². The van der Waals surface area contributed by atoms with Crippen LogP contribution in [0.4, 0.5) is 5.69 Å². The van der Waals surface area contributed by atoms with Crippen LogP contribution in [0.1, 0.15) is 18.4 Å². The second-order valence-corrected chi connectivity index (χ2v) is 5.21. The second-order valence-electron chi connectivity index (χ2n) is 4.22. The molecule has 1 aromatic rings. The minimum absolute atomic E-state index is 0.197.